The summed E-state index contributed by atoms with van der Waals surface area (Å²) < 4.78 is 11.9. The van der Waals surface area contributed by atoms with E-state index >= 15 is 0 Å². The van der Waals surface area contributed by atoms with Gasteiger partial charge in [0, 0.05) is 5.52 Å². The van der Waals surface area contributed by atoms with Crippen molar-refractivity contribution in [3.05, 3.63) is 95.6 Å². The molecule has 4 rings (SSSR count). The molecule has 0 bridgehead atoms. The van der Waals surface area contributed by atoms with E-state index in [1.165, 1.54) is 12.8 Å². The summed E-state index contributed by atoms with van der Waals surface area (Å²) in [4.78, 5) is 13.3. The monoisotopic (exact) mass is 424 g/mol. The first kappa shape index (κ1) is 23.6. The fourth-order valence-electron chi connectivity index (χ4n) is 3.79. The van der Waals surface area contributed by atoms with Crippen molar-refractivity contribution in [1.82, 2.24) is 0 Å². The largest absolute Gasteiger partial charge is 1.00 e. The third kappa shape index (κ3) is 6.72. The van der Waals surface area contributed by atoms with Crippen LogP contribution in [0.5, 0.6) is 11.5 Å². The molecular formula is C26H26LiO3P. The molecule has 1 aliphatic rings. The first-order valence-corrected chi connectivity index (χ1v) is 11.5. The molecular weight excluding hydrogens is 398 g/mol. The van der Waals surface area contributed by atoms with E-state index in [4.69, 9.17) is 9.47 Å². The number of carbonyl (C=O) groups is 1. The van der Waals surface area contributed by atoms with Crippen molar-refractivity contribution >= 4 is 14.1 Å². The molecule has 0 heterocycles. The Kier molecular flexibility index (Phi) is 9.23. The van der Waals surface area contributed by atoms with Crippen LogP contribution in [0, 0.1) is 0 Å². The van der Waals surface area contributed by atoms with Crippen LogP contribution < -0.4 is 28.3 Å². The molecule has 0 N–H and O–H groups in total. The Hall–Kier alpha value is -2.04. The molecule has 0 amide bonds. The number of benzene rings is 3. The van der Waals surface area contributed by atoms with Crippen LogP contribution in [0.3, 0.4) is 0 Å². The second-order valence-electron chi connectivity index (χ2n) is 7.53. The van der Waals surface area contributed by atoms with Crippen molar-refractivity contribution in [3.8, 4) is 11.5 Å². The Morgan fingerprint density at radius 3 is 1.71 bits per heavy atom. The molecule has 1 saturated carbocycles. The smallest absolute Gasteiger partial charge is 0.489 e. The summed E-state index contributed by atoms with van der Waals surface area (Å²) in [6.07, 6.45) is 4.75. The van der Waals surface area contributed by atoms with Gasteiger partial charge in [0.25, 0.3) is 0 Å². The zero-order valence-electron chi connectivity index (χ0n) is 18.0. The van der Waals surface area contributed by atoms with Gasteiger partial charge in [-0.05, 0) is 41.0 Å². The minimum atomic E-state index is 0. The first-order chi connectivity index (χ1) is 14.8. The normalized spacial score (nSPS) is 13.8. The predicted molar refractivity (Wildman–Crippen MR) is 121 cm³/mol. The van der Waals surface area contributed by atoms with E-state index in [1.807, 2.05) is 78.9 Å². The molecule has 0 aromatic heterocycles. The van der Waals surface area contributed by atoms with Gasteiger partial charge >= 0.3 is 18.9 Å². The number of carbonyl (C=O) groups excluding carboxylic acids is 1. The van der Waals surface area contributed by atoms with E-state index in [1.54, 1.807) is 0 Å². The predicted octanol–water partition coefficient (Wildman–Crippen LogP) is 3.88. The zero-order valence-corrected chi connectivity index (χ0v) is 18.9. The summed E-state index contributed by atoms with van der Waals surface area (Å²) in [5.41, 5.74) is 3.26. The van der Waals surface area contributed by atoms with Gasteiger partial charge in [-0.25, -0.2) is 0 Å². The Labute approximate surface area is 198 Å². The molecule has 3 nitrogen and oxygen atoms in total. The molecule has 3 aromatic rings. The van der Waals surface area contributed by atoms with Crippen molar-refractivity contribution in [3.63, 3.8) is 0 Å². The van der Waals surface area contributed by atoms with Crippen molar-refractivity contribution in [2.45, 2.75) is 44.6 Å². The molecule has 31 heavy (non-hydrogen) atoms. The molecule has 0 atom stereocenters. The van der Waals surface area contributed by atoms with Crippen molar-refractivity contribution in [2.24, 2.45) is 0 Å². The third-order valence-electron chi connectivity index (χ3n) is 5.35. The molecule has 154 valence electrons. The molecule has 0 aliphatic heterocycles. The average Bonchev–Trinajstić information content (AvgIpc) is 3.30. The number of rotatable bonds is 9. The number of hydrogen-bond acceptors (Lipinski definition) is 3. The Balaban J connectivity index is 0.00000272. The Bertz CT molecular complexity index is 895. The van der Waals surface area contributed by atoms with Gasteiger partial charge in [0.1, 0.15) is 24.7 Å². The standard InChI is InChI=1S/C26H26O3P.Li/c27-26(30-24-16-7-8-17-24)25-20(18-28-22-12-3-1-4-13-22)10-9-11-21(25)19-29-23-14-5-2-6-15-23;/h1-6,9-15,24H,7-8,16-19H2;/q-1;+1. The van der Waals surface area contributed by atoms with Gasteiger partial charge in [0.15, 0.2) is 0 Å². The van der Waals surface area contributed by atoms with Crippen LogP contribution in [0.15, 0.2) is 78.9 Å². The fraction of sp³-hybridized carbons (Fsp3) is 0.269. The van der Waals surface area contributed by atoms with Gasteiger partial charge in [0.2, 0.25) is 0 Å². The van der Waals surface area contributed by atoms with E-state index in [2.05, 4.69) is 0 Å². The Morgan fingerprint density at radius 1 is 0.742 bits per heavy atom. The van der Waals surface area contributed by atoms with Crippen LogP contribution in [0.2, 0.25) is 0 Å². The maximum Gasteiger partial charge on any atom is 1.00 e. The van der Waals surface area contributed by atoms with E-state index in [0.717, 1.165) is 49.6 Å². The van der Waals surface area contributed by atoms with Crippen LogP contribution in [-0.4, -0.2) is 11.2 Å². The van der Waals surface area contributed by atoms with Crippen LogP contribution in [0.25, 0.3) is 0 Å². The van der Waals surface area contributed by atoms with E-state index in [0.29, 0.717) is 18.9 Å². The topological polar surface area (TPSA) is 35.5 Å². The van der Waals surface area contributed by atoms with Crippen molar-refractivity contribution in [2.75, 3.05) is 0 Å². The Morgan fingerprint density at radius 2 is 1.23 bits per heavy atom. The molecule has 5 heteroatoms. The quantitative estimate of drug-likeness (QED) is 0.386. The van der Waals surface area contributed by atoms with Crippen LogP contribution in [0.1, 0.15) is 47.2 Å². The van der Waals surface area contributed by atoms with Crippen molar-refractivity contribution in [1.29, 1.82) is 0 Å². The van der Waals surface area contributed by atoms with Gasteiger partial charge in [0.05, 0.1) is 0 Å². The number of para-hydroxylation sites is 2. The molecule has 1 aliphatic carbocycles. The molecule has 0 unspecified atom stereocenters. The van der Waals surface area contributed by atoms with Gasteiger partial charge in [-0.3, -0.25) is 0 Å². The van der Waals surface area contributed by atoms with E-state index in [9.17, 15) is 4.79 Å². The maximum absolute atomic E-state index is 13.3. The van der Waals surface area contributed by atoms with Gasteiger partial charge in [-0.1, -0.05) is 80.3 Å². The van der Waals surface area contributed by atoms with E-state index in [-0.39, 0.29) is 24.4 Å². The average molecular weight is 424 g/mol. The van der Waals surface area contributed by atoms with Gasteiger partial charge < -0.3 is 22.8 Å². The second-order valence-corrected chi connectivity index (χ2v) is 8.92. The van der Waals surface area contributed by atoms with Gasteiger partial charge in [-0.2, -0.15) is 5.66 Å². The SMILES string of the molecule is O=C([P-]C1CCCC1)c1c(COc2ccccc2)cccc1COc1ccccc1.[Li+]. The number of hydrogen-bond donors (Lipinski definition) is 0. The molecule has 0 saturated heterocycles. The molecule has 0 spiro atoms. The zero-order chi connectivity index (χ0) is 20.6. The summed E-state index contributed by atoms with van der Waals surface area (Å²) in [6.45, 7) is 0.731. The van der Waals surface area contributed by atoms with Crippen LogP contribution in [-0.2, 0) is 13.2 Å². The maximum atomic E-state index is 13.3. The van der Waals surface area contributed by atoms with Crippen LogP contribution in [0.4, 0.5) is 0 Å². The summed E-state index contributed by atoms with van der Waals surface area (Å²) >= 11 is 0. The summed E-state index contributed by atoms with van der Waals surface area (Å²) in [5.74, 6) is 1.60. The summed E-state index contributed by atoms with van der Waals surface area (Å²) in [5, 5.41) is 0. The molecule has 3 aromatic carbocycles. The van der Waals surface area contributed by atoms with Crippen LogP contribution >= 0.6 is 8.58 Å². The second kappa shape index (κ2) is 12.1. The molecule has 1 fully saturated rings. The third-order valence-corrected chi connectivity index (χ3v) is 6.69. The van der Waals surface area contributed by atoms with E-state index < -0.39 is 0 Å². The fourth-order valence-corrected chi connectivity index (χ4v) is 5.16. The summed E-state index contributed by atoms with van der Waals surface area (Å²) in [6, 6.07) is 25.4. The number of ether oxygens (including phenoxy) is 2. The first-order valence-electron chi connectivity index (χ1n) is 10.5. The van der Waals surface area contributed by atoms with Gasteiger partial charge in [-0.15, -0.1) is 0 Å². The molecule has 0 radical (unpaired) electrons. The van der Waals surface area contributed by atoms with Crippen molar-refractivity contribution < 1.29 is 33.1 Å². The summed E-state index contributed by atoms with van der Waals surface area (Å²) in [7, 11) is 0.902. The minimum Gasteiger partial charge on any atom is -0.489 e. The minimum absolute atomic E-state index is 0.